The van der Waals surface area contributed by atoms with Gasteiger partial charge in [0, 0.05) is 49.7 Å². The highest BCUT2D eigenvalue weighted by atomic mass is 32.2. The zero-order valence-electron chi connectivity index (χ0n) is 37.3. The van der Waals surface area contributed by atoms with Gasteiger partial charge in [-0.05, 0) is 90.9 Å². The first-order chi connectivity index (χ1) is 31.3. The van der Waals surface area contributed by atoms with Crippen LogP contribution in [0.1, 0.15) is 83.4 Å². The smallest absolute Gasteiger partial charge is 0.366 e. The fourth-order valence-corrected chi connectivity index (χ4v) is 8.63. The molecule has 3 aromatic rings. The number of esters is 1. The van der Waals surface area contributed by atoms with E-state index < -0.39 is 67.0 Å². The van der Waals surface area contributed by atoms with Crippen LogP contribution in [0.25, 0.3) is 11.1 Å². The van der Waals surface area contributed by atoms with E-state index in [1.165, 1.54) is 6.92 Å². The molecule has 3 aromatic carbocycles. The molecule has 16 nitrogen and oxygen atoms in total. The molecule has 0 radical (unpaired) electrons. The fourth-order valence-electron chi connectivity index (χ4n) is 7.01. The topological polar surface area (TPSA) is 245 Å². The number of carbonyl (C=O) groups excluding carboxylic acids is 5. The number of hydrogen-bond donors (Lipinski definition) is 7. The van der Waals surface area contributed by atoms with E-state index in [1.54, 1.807) is 66.0 Å². The highest BCUT2D eigenvalue weighted by molar-refractivity contribution is 7.99. The van der Waals surface area contributed by atoms with Gasteiger partial charge in [0.25, 0.3) is 17.6 Å². The second-order valence-corrected chi connectivity index (χ2v) is 17.9. The van der Waals surface area contributed by atoms with E-state index in [2.05, 4.69) is 22.9 Å². The summed E-state index contributed by atoms with van der Waals surface area (Å²) in [5.74, 6) is -1.27. The monoisotopic (exact) mass is 940 g/mol. The van der Waals surface area contributed by atoms with Crippen LogP contribution in [0, 0.1) is 0 Å². The average Bonchev–Trinajstić information content (AvgIpc) is 3.31. The van der Waals surface area contributed by atoms with Crippen molar-refractivity contribution in [3.8, 4) is 16.9 Å². The molecule has 356 valence electrons. The Bertz CT molecular complexity index is 1980. The Balaban J connectivity index is 1.29. The SMILES string of the molecule is CCCSCCNC(=O)c1ccc(C(=O)CCCSCCCO[C@]2(C(=O)OC)C[C@H](O)[C@@H](NC(C)=O)[C@H]([C@H](O)[C@H](O)CNC(=O)c3ccc(-c4ccccc4)cc3)O2)c(OCCCN)c1. The van der Waals surface area contributed by atoms with Crippen LogP contribution in [-0.2, 0) is 23.8 Å². The Labute approximate surface area is 389 Å². The van der Waals surface area contributed by atoms with E-state index in [-0.39, 0.29) is 24.7 Å². The summed E-state index contributed by atoms with van der Waals surface area (Å²) in [5, 5.41) is 41.7. The van der Waals surface area contributed by atoms with Gasteiger partial charge >= 0.3 is 5.97 Å². The average molecular weight is 941 g/mol. The number of carbonyl (C=O) groups is 5. The van der Waals surface area contributed by atoms with Crippen molar-refractivity contribution in [2.24, 2.45) is 5.73 Å². The van der Waals surface area contributed by atoms with Crippen molar-refractivity contribution in [1.82, 2.24) is 16.0 Å². The molecule has 0 aromatic heterocycles. The maximum absolute atomic E-state index is 13.3. The number of Topliss-reactive ketones (excluding diaryl/α,β-unsaturated/α-hetero) is 1. The molecule has 0 unspecified atom stereocenters. The van der Waals surface area contributed by atoms with Gasteiger partial charge in [0.15, 0.2) is 5.78 Å². The van der Waals surface area contributed by atoms with Crippen LogP contribution in [-0.4, -0.2) is 144 Å². The minimum Gasteiger partial charge on any atom is -0.493 e. The van der Waals surface area contributed by atoms with E-state index in [0.717, 1.165) is 36.2 Å². The minimum absolute atomic E-state index is 0.0377. The van der Waals surface area contributed by atoms with E-state index in [0.29, 0.717) is 72.9 Å². The zero-order valence-corrected chi connectivity index (χ0v) is 39.0. The van der Waals surface area contributed by atoms with E-state index in [1.807, 2.05) is 30.3 Å². The Morgan fingerprint density at radius 2 is 1.54 bits per heavy atom. The lowest BCUT2D eigenvalue weighted by Gasteiger charge is -2.47. The van der Waals surface area contributed by atoms with Gasteiger partial charge in [-0.15, -0.1) is 0 Å². The summed E-state index contributed by atoms with van der Waals surface area (Å²) in [5.41, 5.74) is 8.64. The molecule has 1 saturated heterocycles. The van der Waals surface area contributed by atoms with Crippen molar-refractivity contribution in [2.45, 2.75) is 88.6 Å². The van der Waals surface area contributed by atoms with Crippen LogP contribution in [0.3, 0.4) is 0 Å². The van der Waals surface area contributed by atoms with Gasteiger partial charge in [0.05, 0.1) is 44.1 Å². The number of benzene rings is 3. The highest BCUT2D eigenvalue weighted by Gasteiger charge is 2.56. The number of aliphatic hydroxyl groups is 3. The first-order valence-corrected chi connectivity index (χ1v) is 24.2. The lowest BCUT2D eigenvalue weighted by atomic mass is 9.88. The molecule has 0 aliphatic carbocycles. The van der Waals surface area contributed by atoms with Crippen LogP contribution < -0.4 is 26.4 Å². The van der Waals surface area contributed by atoms with Gasteiger partial charge in [0.2, 0.25) is 5.91 Å². The maximum Gasteiger partial charge on any atom is 0.366 e. The van der Waals surface area contributed by atoms with Crippen LogP contribution in [0.5, 0.6) is 5.75 Å². The van der Waals surface area contributed by atoms with Crippen molar-refractivity contribution < 1.29 is 58.2 Å². The summed E-state index contributed by atoms with van der Waals surface area (Å²) in [7, 11) is 1.11. The number of ketones is 1. The number of amides is 3. The van der Waals surface area contributed by atoms with Crippen molar-refractivity contribution in [3.63, 3.8) is 0 Å². The fraction of sp³-hybridized carbons (Fsp3) is 0.511. The standard InChI is InChI=1S/C47H64N4O12S2/c1-4-24-64-27-21-49-45(58)35-18-19-36(40(28-35)61-22-9-20-48)37(53)13-8-25-65-26-10-23-62-47(46(59)60-3)29-38(54)41(51-31(2)52)43(63-47)42(56)39(55)30-50-44(57)34-16-14-33(15-17-34)32-11-6-5-7-12-32/h5-7,11-12,14-19,28,38-39,41-43,54-56H,4,8-10,13,20-27,29-30,48H2,1-3H3,(H,49,58)(H,50,57)(H,51,52)/t38-,39+,41+,42+,43+,47+/m0/s1. The predicted molar refractivity (Wildman–Crippen MR) is 251 cm³/mol. The summed E-state index contributed by atoms with van der Waals surface area (Å²) in [6.07, 6.45) is -4.15. The third kappa shape index (κ3) is 16.4. The van der Waals surface area contributed by atoms with Gasteiger partial charge in [-0.2, -0.15) is 23.5 Å². The molecule has 6 atom stereocenters. The molecule has 0 spiro atoms. The number of ether oxygens (including phenoxy) is 4. The third-order valence-electron chi connectivity index (χ3n) is 10.4. The number of nitrogens with two attached hydrogens (primary N) is 1. The number of methoxy groups -OCH3 is 1. The molecule has 65 heavy (non-hydrogen) atoms. The summed E-state index contributed by atoms with van der Waals surface area (Å²) in [6.45, 7) is 4.09. The minimum atomic E-state index is -2.21. The van der Waals surface area contributed by atoms with E-state index in [9.17, 15) is 39.3 Å². The van der Waals surface area contributed by atoms with Gasteiger partial charge in [0.1, 0.15) is 18.0 Å². The van der Waals surface area contributed by atoms with Gasteiger partial charge in [-0.1, -0.05) is 49.4 Å². The van der Waals surface area contributed by atoms with Gasteiger partial charge in [-0.3, -0.25) is 19.2 Å². The molecule has 1 heterocycles. The lowest BCUT2D eigenvalue weighted by molar-refractivity contribution is -0.311. The van der Waals surface area contributed by atoms with E-state index in [4.69, 9.17) is 24.7 Å². The van der Waals surface area contributed by atoms with Crippen LogP contribution in [0.4, 0.5) is 0 Å². The molecule has 4 rings (SSSR count). The summed E-state index contributed by atoms with van der Waals surface area (Å²) in [4.78, 5) is 64.5. The highest BCUT2D eigenvalue weighted by Crippen LogP contribution is 2.35. The largest absolute Gasteiger partial charge is 0.493 e. The van der Waals surface area contributed by atoms with Gasteiger partial charge in [-0.25, -0.2) is 4.79 Å². The number of thioether (sulfide) groups is 2. The Morgan fingerprint density at radius 1 is 0.862 bits per heavy atom. The lowest BCUT2D eigenvalue weighted by Crippen LogP contribution is -2.68. The quantitative estimate of drug-likeness (QED) is 0.0312. The first kappa shape index (κ1) is 53.1. The molecule has 18 heteroatoms. The summed E-state index contributed by atoms with van der Waals surface area (Å²) in [6, 6.07) is 20.0. The first-order valence-electron chi connectivity index (χ1n) is 21.9. The molecule has 1 fully saturated rings. The second kappa shape index (κ2) is 27.8. The van der Waals surface area contributed by atoms with Crippen molar-refractivity contribution in [2.75, 3.05) is 63.0 Å². The van der Waals surface area contributed by atoms with Crippen LogP contribution >= 0.6 is 23.5 Å². The number of hydrogen-bond acceptors (Lipinski definition) is 15. The normalized spacial score (nSPS) is 19.1. The molecule has 0 saturated carbocycles. The Kier molecular flexibility index (Phi) is 22.7. The number of rotatable bonds is 28. The maximum atomic E-state index is 13.3. The number of nitrogens with one attached hydrogen (secondary N) is 3. The third-order valence-corrected chi connectivity index (χ3v) is 12.7. The summed E-state index contributed by atoms with van der Waals surface area (Å²) < 4.78 is 22.9. The molecular weight excluding hydrogens is 877 g/mol. The summed E-state index contributed by atoms with van der Waals surface area (Å²) >= 11 is 3.33. The molecule has 3 amide bonds. The predicted octanol–water partition coefficient (Wildman–Crippen LogP) is 3.73. The van der Waals surface area contributed by atoms with Crippen LogP contribution in [0.2, 0.25) is 0 Å². The Hall–Kier alpha value is -4.53. The van der Waals surface area contributed by atoms with Crippen molar-refractivity contribution in [3.05, 3.63) is 89.5 Å². The van der Waals surface area contributed by atoms with Crippen LogP contribution in [0.15, 0.2) is 72.8 Å². The zero-order chi connectivity index (χ0) is 47.2. The van der Waals surface area contributed by atoms with Gasteiger partial charge < -0.3 is 56.0 Å². The van der Waals surface area contributed by atoms with E-state index >= 15 is 0 Å². The number of aliphatic hydroxyl groups excluding tert-OH is 3. The molecule has 0 bridgehead atoms. The molecular formula is C47H64N4O12S2. The van der Waals surface area contributed by atoms with Crippen molar-refractivity contribution in [1.29, 1.82) is 0 Å². The Morgan fingerprint density at radius 3 is 2.23 bits per heavy atom. The molecule has 8 N–H and O–H groups in total. The second-order valence-electron chi connectivity index (χ2n) is 15.4. The van der Waals surface area contributed by atoms with Crippen molar-refractivity contribution >= 4 is 53.0 Å². The molecule has 1 aliphatic heterocycles. The molecule has 1 aliphatic rings.